The maximum atomic E-state index is 13.7. The number of halogens is 4. The fourth-order valence-electron chi connectivity index (χ4n) is 2.41. The van der Waals surface area contributed by atoms with Crippen LogP contribution in [-0.4, -0.2) is 30.3 Å². The zero-order chi connectivity index (χ0) is 19.6. The van der Waals surface area contributed by atoms with E-state index in [1.54, 1.807) is 26.0 Å². The highest BCUT2D eigenvalue weighted by molar-refractivity contribution is 5.99. The second kappa shape index (κ2) is 7.55. The number of anilines is 1. The standard InChI is InChI=1S/C18H16F4N2O2/c1-9-5-4-6-10(2)17(9)23-13(25)8-24(3)18(26)11-7-12(19)15(21)16(22)14(11)20/h4-7H,8H2,1-3H3,(H,23,25). The van der Waals surface area contributed by atoms with E-state index in [0.29, 0.717) is 5.69 Å². The number of nitrogens with one attached hydrogen (secondary N) is 1. The fourth-order valence-corrected chi connectivity index (χ4v) is 2.41. The maximum Gasteiger partial charge on any atom is 0.257 e. The lowest BCUT2D eigenvalue weighted by Gasteiger charge is -2.18. The molecular weight excluding hydrogens is 352 g/mol. The number of nitrogens with zero attached hydrogens (tertiary/aromatic N) is 1. The van der Waals surface area contributed by atoms with Gasteiger partial charge in [-0.25, -0.2) is 17.6 Å². The Morgan fingerprint density at radius 3 is 2.15 bits per heavy atom. The van der Waals surface area contributed by atoms with E-state index in [4.69, 9.17) is 0 Å². The van der Waals surface area contributed by atoms with E-state index in [2.05, 4.69) is 5.32 Å². The molecule has 0 bridgehead atoms. The Morgan fingerprint density at radius 2 is 1.58 bits per heavy atom. The van der Waals surface area contributed by atoms with E-state index in [9.17, 15) is 27.2 Å². The van der Waals surface area contributed by atoms with Crippen LogP contribution in [0.25, 0.3) is 0 Å². The van der Waals surface area contributed by atoms with Crippen LogP contribution in [0.4, 0.5) is 23.2 Å². The summed E-state index contributed by atoms with van der Waals surface area (Å²) in [5, 5.41) is 2.63. The van der Waals surface area contributed by atoms with Crippen LogP contribution in [-0.2, 0) is 4.79 Å². The van der Waals surface area contributed by atoms with Crippen molar-refractivity contribution in [3.05, 3.63) is 64.2 Å². The molecule has 0 atom stereocenters. The summed E-state index contributed by atoms with van der Waals surface area (Å²) in [5.41, 5.74) is 1.19. The topological polar surface area (TPSA) is 49.4 Å². The second-order valence-electron chi connectivity index (χ2n) is 5.82. The third kappa shape index (κ3) is 3.84. The minimum atomic E-state index is -2.08. The first-order valence-corrected chi connectivity index (χ1v) is 7.58. The summed E-state index contributed by atoms with van der Waals surface area (Å²) in [6, 6.07) is 5.65. The van der Waals surface area contributed by atoms with Crippen LogP contribution in [0.15, 0.2) is 24.3 Å². The zero-order valence-corrected chi connectivity index (χ0v) is 14.3. The van der Waals surface area contributed by atoms with Gasteiger partial charge >= 0.3 is 0 Å². The van der Waals surface area contributed by atoms with Gasteiger partial charge in [0, 0.05) is 12.7 Å². The van der Waals surface area contributed by atoms with E-state index >= 15 is 0 Å². The van der Waals surface area contributed by atoms with Gasteiger partial charge in [0.2, 0.25) is 5.91 Å². The summed E-state index contributed by atoms with van der Waals surface area (Å²) >= 11 is 0. The lowest BCUT2D eigenvalue weighted by Crippen LogP contribution is -2.35. The molecule has 0 saturated carbocycles. The van der Waals surface area contributed by atoms with Crippen LogP contribution in [0.3, 0.4) is 0 Å². The first-order valence-electron chi connectivity index (χ1n) is 7.58. The van der Waals surface area contributed by atoms with E-state index in [1.807, 2.05) is 6.07 Å². The van der Waals surface area contributed by atoms with Crippen molar-refractivity contribution in [1.82, 2.24) is 4.90 Å². The second-order valence-corrected chi connectivity index (χ2v) is 5.82. The molecule has 1 N–H and O–H groups in total. The fraction of sp³-hybridized carbons (Fsp3) is 0.222. The van der Waals surface area contributed by atoms with Gasteiger partial charge in [0.15, 0.2) is 23.3 Å². The van der Waals surface area contributed by atoms with Crippen molar-refractivity contribution in [1.29, 1.82) is 0 Å². The Balaban J connectivity index is 2.16. The number of rotatable bonds is 4. The molecule has 0 aliphatic heterocycles. The van der Waals surface area contributed by atoms with Gasteiger partial charge in [0.1, 0.15) is 0 Å². The quantitative estimate of drug-likeness (QED) is 0.510. The number of para-hydroxylation sites is 1. The Labute approximate surface area is 147 Å². The average Bonchev–Trinajstić information content (AvgIpc) is 2.59. The van der Waals surface area contributed by atoms with Gasteiger partial charge in [-0.05, 0) is 31.0 Å². The number of hydrogen-bond donors (Lipinski definition) is 1. The molecule has 0 spiro atoms. The highest BCUT2D eigenvalue weighted by Crippen LogP contribution is 2.21. The molecule has 2 aromatic rings. The normalized spacial score (nSPS) is 10.6. The van der Waals surface area contributed by atoms with Crippen LogP contribution in [0.1, 0.15) is 21.5 Å². The van der Waals surface area contributed by atoms with Gasteiger partial charge in [-0.2, -0.15) is 0 Å². The molecule has 8 heteroatoms. The first kappa shape index (κ1) is 19.4. The van der Waals surface area contributed by atoms with Crippen molar-refractivity contribution < 1.29 is 27.2 Å². The highest BCUT2D eigenvalue weighted by Gasteiger charge is 2.25. The Bertz CT molecular complexity index is 864. The van der Waals surface area contributed by atoms with Gasteiger partial charge in [-0.15, -0.1) is 0 Å². The largest absolute Gasteiger partial charge is 0.332 e. The summed E-state index contributed by atoms with van der Waals surface area (Å²) in [5.74, 6) is -9.33. The monoisotopic (exact) mass is 368 g/mol. The Kier molecular flexibility index (Phi) is 5.64. The molecule has 0 saturated heterocycles. The molecule has 0 fully saturated rings. The van der Waals surface area contributed by atoms with E-state index in [-0.39, 0.29) is 6.07 Å². The van der Waals surface area contributed by atoms with Crippen molar-refractivity contribution in [3.8, 4) is 0 Å². The average molecular weight is 368 g/mol. The van der Waals surface area contributed by atoms with Crippen molar-refractivity contribution in [2.45, 2.75) is 13.8 Å². The minimum Gasteiger partial charge on any atom is -0.332 e. The van der Waals surface area contributed by atoms with Crippen molar-refractivity contribution in [3.63, 3.8) is 0 Å². The molecule has 26 heavy (non-hydrogen) atoms. The minimum absolute atomic E-state index is 0.260. The Hall–Kier alpha value is -2.90. The van der Waals surface area contributed by atoms with Crippen molar-refractivity contribution in [2.75, 3.05) is 18.9 Å². The number of carbonyl (C=O) groups is 2. The van der Waals surface area contributed by atoms with Crippen LogP contribution >= 0.6 is 0 Å². The lowest BCUT2D eigenvalue weighted by atomic mass is 10.1. The maximum absolute atomic E-state index is 13.7. The molecule has 0 aliphatic rings. The zero-order valence-electron chi connectivity index (χ0n) is 14.3. The number of carbonyl (C=O) groups excluding carboxylic acids is 2. The van der Waals surface area contributed by atoms with Crippen LogP contribution in [0.5, 0.6) is 0 Å². The summed E-state index contributed by atoms with van der Waals surface area (Å²) in [7, 11) is 1.16. The molecule has 0 radical (unpaired) electrons. The summed E-state index contributed by atoms with van der Waals surface area (Å²) in [6.07, 6.45) is 0. The van der Waals surface area contributed by atoms with Gasteiger partial charge < -0.3 is 10.2 Å². The van der Waals surface area contributed by atoms with Crippen LogP contribution in [0.2, 0.25) is 0 Å². The Morgan fingerprint density at radius 1 is 1.00 bits per heavy atom. The molecule has 2 rings (SSSR count). The third-order valence-electron chi connectivity index (χ3n) is 3.81. The van der Waals surface area contributed by atoms with Gasteiger partial charge in [0.05, 0.1) is 12.1 Å². The molecule has 2 amide bonds. The molecule has 0 aromatic heterocycles. The molecule has 0 aliphatic carbocycles. The first-order chi connectivity index (χ1) is 12.1. The smallest absolute Gasteiger partial charge is 0.257 e. The SMILES string of the molecule is Cc1cccc(C)c1NC(=O)CN(C)C(=O)c1cc(F)c(F)c(F)c1F. The predicted molar refractivity (Wildman–Crippen MR) is 87.8 cm³/mol. The predicted octanol–water partition coefficient (Wildman–Crippen LogP) is 3.57. The highest BCUT2D eigenvalue weighted by atomic mass is 19.2. The molecule has 4 nitrogen and oxygen atoms in total. The van der Waals surface area contributed by atoms with Crippen LogP contribution in [0, 0.1) is 37.1 Å². The van der Waals surface area contributed by atoms with E-state index < -0.39 is 47.2 Å². The molecule has 0 unspecified atom stereocenters. The van der Waals surface area contributed by atoms with Crippen LogP contribution < -0.4 is 5.32 Å². The number of aryl methyl sites for hydroxylation is 2. The molecular formula is C18H16F4N2O2. The van der Waals surface area contributed by atoms with E-state index in [0.717, 1.165) is 23.1 Å². The molecule has 138 valence electrons. The lowest BCUT2D eigenvalue weighted by molar-refractivity contribution is -0.116. The third-order valence-corrected chi connectivity index (χ3v) is 3.81. The van der Waals surface area contributed by atoms with Crippen molar-refractivity contribution in [2.24, 2.45) is 0 Å². The van der Waals surface area contributed by atoms with Gasteiger partial charge in [-0.3, -0.25) is 9.59 Å². The van der Waals surface area contributed by atoms with Crippen molar-refractivity contribution >= 4 is 17.5 Å². The summed E-state index contributed by atoms with van der Waals surface area (Å²) in [4.78, 5) is 25.1. The number of hydrogen-bond acceptors (Lipinski definition) is 2. The molecule has 2 aromatic carbocycles. The van der Waals surface area contributed by atoms with Gasteiger partial charge in [-0.1, -0.05) is 18.2 Å². The summed E-state index contributed by atoms with van der Waals surface area (Å²) in [6.45, 7) is 3.08. The summed E-state index contributed by atoms with van der Waals surface area (Å²) < 4.78 is 53.2. The number of amides is 2. The van der Waals surface area contributed by atoms with Gasteiger partial charge in [0.25, 0.3) is 5.91 Å². The molecule has 0 heterocycles. The number of benzene rings is 2. The van der Waals surface area contributed by atoms with E-state index in [1.165, 1.54) is 0 Å². The number of likely N-dealkylation sites (N-methyl/N-ethyl adjacent to an activating group) is 1.